The van der Waals surface area contributed by atoms with Crippen molar-refractivity contribution < 1.29 is 4.79 Å². The zero-order chi connectivity index (χ0) is 15.3. The lowest BCUT2D eigenvalue weighted by molar-refractivity contribution is -0.112. The van der Waals surface area contributed by atoms with Crippen LogP contribution in [0.3, 0.4) is 0 Å². The quantitative estimate of drug-likeness (QED) is 0.676. The first-order chi connectivity index (χ1) is 9.38. The summed E-state index contributed by atoms with van der Waals surface area (Å²) in [6, 6.07) is 9.63. The van der Waals surface area contributed by atoms with Crippen LogP contribution in [0.25, 0.3) is 0 Å². The number of anilines is 1. The summed E-state index contributed by atoms with van der Waals surface area (Å²) in [7, 11) is 3.62. The minimum Gasteiger partial charge on any atom is -0.380 e. The fourth-order valence-corrected chi connectivity index (χ4v) is 1.82. The number of rotatable bonds is 4. The normalized spacial score (nSPS) is 11.7. The fourth-order valence-electron chi connectivity index (χ4n) is 1.82. The van der Waals surface area contributed by atoms with Gasteiger partial charge >= 0.3 is 0 Å². The summed E-state index contributed by atoms with van der Waals surface area (Å²) in [6.07, 6.45) is 0. The maximum absolute atomic E-state index is 12.2. The first-order valence-corrected chi connectivity index (χ1v) is 6.57. The fraction of sp³-hybridized carbons (Fsp3) is 0.375. The molecule has 0 atom stereocenters. The van der Waals surface area contributed by atoms with Crippen LogP contribution in [-0.4, -0.2) is 24.9 Å². The zero-order valence-electron chi connectivity index (χ0n) is 12.7. The van der Waals surface area contributed by atoms with Gasteiger partial charge in [0.1, 0.15) is 11.6 Å². The van der Waals surface area contributed by atoms with E-state index < -0.39 is 0 Å². The van der Waals surface area contributed by atoms with Gasteiger partial charge in [-0.3, -0.25) is 4.79 Å². The molecule has 0 saturated heterocycles. The van der Waals surface area contributed by atoms with Crippen molar-refractivity contribution >= 4 is 11.6 Å². The van der Waals surface area contributed by atoms with E-state index in [1.165, 1.54) is 0 Å². The van der Waals surface area contributed by atoms with Crippen LogP contribution in [0.2, 0.25) is 0 Å². The van der Waals surface area contributed by atoms with Crippen LogP contribution in [0.15, 0.2) is 35.5 Å². The van der Waals surface area contributed by atoms with Crippen LogP contribution in [0.1, 0.15) is 32.3 Å². The minimum absolute atomic E-state index is 0.133. The van der Waals surface area contributed by atoms with E-state index in [-0.39, 0.29) is 11.5 Å². The van der Waals surface area contributed by atoms with Gasteiger partial charge in [-0.05, 0) is 24.5 Å². The topological polar surface area (TPSA) is 56.1 Å². The van der Waals surface area contributed by atoms with Gasteiger partial charge in [-0.1, -0.05) is 32.0 Å². The number of hydrogen-bond donors (Lipinski definition) is 1. The van der Waals surface area contributed by atoms with E-state index in [1.807, 2.05) is 44.4 Å². The number of carbonyl (C=O) groups is 1. The molecule has 0 bridgehead atoms. The summed E-state index contributed by atoms with van der Waals surface area (Å²) >= 11 is 0. The Morgan fingerprint density at radius 3 is 2.40 bits per heavy atom. The highest BCUT2D eigenvalue weighted by Gasteiger charge is 2.16. The zero-order valence-corrected chi connectivity index (χ0v) is 12.7. The SMILES string of the molecule is CC(=C(C#N)C(=O)Nc1ccccc1C(C)C)N(C)C. The van der Waals surface area contributed by atoms with Crippen molar-refractivity contribution in [3.63, 3.8) is 0 Å². The first-order valence-electron chi connectivity index (χ1n) is 6.57. The Labute approximate surface area is 120 Å². The number of nitriles is 1. The van der Waals surface area contributed by atoms with E-state index in [4.69, 9.17) is 0 Å². The van der Waals surface area contributed by atoms with Gasteiger partial charge in [0.2, 0.25) is 0 Å². The van der Waals surface area contributed by atoms with Crippen LogP contribution in [0.5, 0.6) is 0 Å². The first kappa shape index (κ1) is 15.8. The molecule has 4 nitrogen and oxygen atoms in total. The van der Waals surface area contributed by atoms with Gasteiger partial charge in [0.25, 0.3) is 5.91 Å². The van der Waals surface area contributed by atoms with E-state index in [0.717, 1.165) is 11.3 Å². The number of benzene rings is 1. The summed E-state index contributed by atoms with van der Waals surface area (Å²) in [4.78, 5) is 14.0. The number of amides is 1. The summed E-state index contributed by atoms with van der Waals surface area (Å²) in [5, 5.41) is 12.0. The minimum atomic E-state index is -0.369. The molecular formula is C16H21N3O. The maximum Gasteiger partial charge on any atom is 0.268 e. The number of nitrogens with one attached hydrogen (secondary N) is 1. The molecule has 0 aliphatic rings. The highest BCUT2D eigenvalue weighted by Crippen LogP contribution is 2.24. The Bertz CT molecular complexity index is 565. The molecule has 1 aromatic carbocycles. The second-order valence-corrected chi connectivity index (χ2v) is 5.16. The molecular weight excluding hydrogens is 250 g/mol. The molecule has 106 valence electrons. The standard InChI is InChI=1S/C16H21N3O/c1-11(2)13-8-6-7-9-15(13)18-16(20)14(10-17)12(3)19(4)5/h6-9,11H,1-5H3,(H,18,20). The van der Waals surface area contributed by atoms with Crippen molar-refractivity contribution in [3.8, 4) is 6.07 Å². The molecule has 1 amide bonds. The van der Waals surface area contributed by atoms with E-state index in [2.05, 4.69) is 19.2 Å². The molecule has 1 aromatic rings. The molecule has 4 heteroatoms. The number of hydrogen-bond acceptors (Lipinski definition) is 3. The average Bonchev–Trinajstić information content (AvgIpc) is 2.39. The number of para-hydroxylation sites is 1. The van der Waals surface area contributed by atoms with Crippen molar-refractivity contribution in [3.05, 3.63) is 41.1 Å². The van der Waals surface area contributed by atoms with Crippen molar-refractivity contribution in [2.24, 2.45) is 0 Å². The lowest BCUT2D eigenvalue weighted by Gasteiger charge is -2.16. The predicted octanol–water partition coefficient (Wildman–Crippen LogP) is 3.11. The van der Waals surface area contributed by atoms with E-state index in [0.29, 0.717) is 11.6 Å². The van der Waals surface area contributed by atoms with Crippen molar-refractivity contribution in [1.82, 2.24) is 4.90 Å². The second-order valence-electron chi connectivity index (χ2n) is 5.16. The van der Waals surface area contributed by atoms with Gasteiger partial charge in [-0.2, -0.15) is 5.26 Å². The molecule has 0 spiro atoms. The predicted molar refractivity (Wildman–Crippen MR) is 81.2 cm³/mol. The third kappa shape index (κ3) is 3.61. The molecule has 0 unspecified atom stereocenters. The summed E-state index contributed by atoms with van der Waals surface area (Å²) in [5.74, 6) is -0.0669. The molecule has 1 N–H and O–H groups in total. The van der Waals surface area contributed by atoms with Crippen LogP contribution >= 0.6 is 0 Å². The monoisotopic (exact) mass is 271 g/mol. The Morgan fingerprint density at radius 2 is 1.90 bits per heavy atom. The Kier molecular flexibility index (Phi) is 5.33. The molecule has 20 heavy (non-hydrogen) atoms. The molecule has 0 aliphatic heterocycles. The number of carbonyl (C=O) groups excluding carboxylic acids is 1. The van der Waals surface area contributed by atoms with Crippen LogP contribution in [0.4, 0.5) is 5.69 Å². The summed E-state index contributed by atoms with van der Waals surface area (Å²) < 4.78 is 0. The number of nitrogens with zero attached hydrogens (tertiary/aromatic N) is 2. The largest absolute Gasteiger partial charge is 0.380 e. The summed E-state index contributed by atoms with van der Waals surface area (Å²) in [5.41, 5.74) is 2.59. The van der Waals surface area contributed by atoms with Crippen LogP contribution in [-0.2, 0) is 4.79 Å². The van der Waals surface area contributed by atoms with Crippen molar-refractivity contribution in [2.75, 3.05) is 19.4 Å². The third-order valence-corrected chi connectivity index (χ3v) is 3.20. The lowest BCUT2D eigenvalue weighted by Crippen LogP contribution is -2.20. The van der Waals surface area contributed by atoms with E-state index in [9.17, 15) is 10.1 Å². The van der Waals surface area contributed by atoms with Gasteiger partial charge < -0.3 is 10.2 Å². The molecule has 0 heterocycles. The third-order valence-electron chi connectivity index (χ3n) is 3.20. The van der Waals surface area contributed by atoms with Gasteiger partial charge in [-0.15, -0.1) is 0 Å². The molecule has 1 rings (SSSR count). The molecule has 0 fully saturated rings. The molecule has 0 radical (unpaired) electrons. The van der Waals surface area contributed by atoms with Crippen LogP contribution < -0.4 is 5.32 Å². The van der Waals surface area contributed by atoms with Crippen molar-refractivity contribution in [1.29, 1.82) is 5.26 Å². The lowest BCUT2D eigenvalue weighted by atomic mass is 10.0. The van der Waals surface area contributed by atoms with Gasteiger partial charge in [0.05, 0.1) is 0 Å². The van der Waals surface area contributed by atoms with Gasteiger partial charge in [0.15, 0.2) is 0 Å². The van der Waals surface area contributed by atoms with E-state index >= 15 is 0 Å². The van der Waals surface area contributed by atoms with Gasteiger partial charge in [0, 0.05) is 25.5 Å². The Morgan fingerprint density at radius 1 is 1.30 bits per heavy atom. The van der Waals surface area contributed by atoms with Crippen LogP contribution in [0, 0.1) is 11.3 Å². The summed E-state index contributed by atoms with van der Waals surface area (Å²) in [6.45, 7) is 5.89. The average molecular weight is 271 g/mol. The second kappa shape index (κ2) is 6.76. The molecule has 0 aliphatic carbocycles. The Balaban J connectivity index is 3.09. The highest BCUT2D eigenvalue weighted by atomic mass is 16.1. The van der Waals surface area contributed by atoms with E-state index in [1.54, 1.807) is 11.8 Å². The van der Waals surface area contributed by atoms with Gasteiger partial charge in [-0.25, -0.2) is 0 Å². The highest BCUT2D eigenvalue weighted by molar-refractivity contribution is 6.07. The molecule has 0 aromatic heterocycles. The maximum atomic E-state index is 12.2. The molecule has 0 saturated carbocycles. The van der Waals surface area contributed by atoms with Crippen molar-refractivity contribution in [2.45, 2.75) is 26.7 Å². The smallest absolute Gasteiger partial charge is 0.268 e. The number of allylic oxidation sites excluding steroid dienone is 1. The Hall–Kier alpha value is -2.28.